The normalized spacial score (nSPS) is 16.9. The predicted molar refractivity (Wildman–Crippen MR) is 67.7 cm³/mol. The number of ether oxygens (including phenoxy) is 1. The van der Waals surface area contributed by atoms with E-state index < -0.39 is 0 Å². The first kappa shape index (κ1) is 12.1. The summed E-state index contributed by atoms with van der Waals surface area (Å²) in [5.74, 6) is 2.81. The van der Waals surface area contributed by atoms with Crippen molar-refractivity contribution in [2.24, 2.45) is 5.92 Å². The number of nitrogen functional groups attached to an aromatic ring is 1. The molecule has 1 aliphatic carbocycles. The lowest BCUT2D eigenvalue weighted by molar-refractivity contribution is 0.178. The van der Waals surface area contributed by atoms with Crippen LogP contribution in [0.15, 0.2) is 6.07 Å². The fraction of sp³-hybridized carbons (Fsp3) is 0.667. The first-order valence-corrected chi connectivity index (χ1v) is 5.97. The predicted octanol–water partition coefficient (Wildman–Crippen LogP) is 1.44. The van der Waals surface area contributed by atoms with Gasteiger partial charge < -0.3 is 15.4 Å². The number of methoxy groups -OCH3 is 1. The van der Waals surface area contributed by atoms with Crippen molar-refractivity contribution in [2.45, 2.75) is 32.4 Å². The van der Waals surface area contributed by atoms with Crippen molar-refractivity contribution in [3.63, 3.8) is 0 Å². The van der Waals surface area contributed by atoms with Gasteiger partial charge in [0.15, 0.2) is 5.82 Å². The Morgan fingerprint density at radius 1 is 1.53 bits per heavy atom. The van der Waals surface area contributed by atoms with E-state index in [1.165, 1.54) is 12.8 Å². The lowest BCUT2D eigenvalue weighted by Crippen LogP contribution is -2.31. The molecule has 0 aromatic carbocycles. The van der Waals surface area contributed by atoms with Gasteiger partial charge in [-0.2, -0.15) is 0 Å². The van der Waals surface area contributed by atoms with Crippen LogP contribution in [0.1, 0.15) is 25.6 Å². The molecule has 1 aromatic rings. The molecule has 5 heteroatoms. The molecule has 1 aromatic heterocycles. The zero-order chi connectivity index (χ0) is 12.4. The molecule has 0 amide bonds. The van der Waals surface area contributed by atoms with E-state index in [9.17, 15) is 0 Å². The average molecular weight is 236 g/mol. The van der Waals surface area contributed by atoms with E-state index in [0.29, 0.717) is 24.3 Å². The van der Waals surface area contributed by atoms with Crippen molar-refractivity contribution < 1.29 is 4.74 Å². The van der Waals surface area contributed by atoms with Crippen LogP contribution in [0.3, 0.4) is 0 Å². The van der Waals surface area contributed by atoms with Crippen LogP contribution < -0.4 is 10.6 Å². The minimum atomic E-state index is 0.393. The van der Waals surface area contributed by atoms with Crippen molar-refractivity contribution in [3.05, 3.63) is 11.9 Å². The summed E-state index contributed by atoms with van der Waals surface area (Å²) in [5.41, 5.74) is 5.79. The molecule has 1 atom stereocenters. The van der Waals surface area contributed by atoms with Gasteiger partial charge in [0.1, 0.15) is 18.2 Å². The van der Waals surface area contributed by atoms with Gasteiger partial charge in [0, 0.05) is 26.3 Å². The van der Waals surface area contributed by atoms with E-state index >= 15 is 0 Å². The molecule has 94 valence electrons. The third-order valence-corrected chi connectivity index (χ3v) is 3.33. The summed E-state index contributed by atoms with van der Waals surface area (Å²) < 4.78 is 5.04. The number of hydrogen-bond acceptors (Lipinski definition) is 5. The summed E-state index contributed by atoms with van der Waals surface area (Å²) >= 11 is 0. The lowest BCUT2D eigenvalue weighted by atomic mass is 10.2. The Kier molecular flexibility index (Phi) is 3.47. The van der Waals surface area contributed by atoms with Crippen molar-refractivity contribution in [1.29, 1.82) is 0 Å². The molecule has 0 bridgehead atoms. The first-order valence-electron chi connectivity index (χ1n) is 5.97. The van der Waals surface area contributed by atoms with Gasteiger partial charge in [-0.25, -0.2) is 9.97 Å². The van der Waals surface area contributed by atoms with Crippen molar-refractivity contribution in [1.82, 2.24) is 9.97 Å². The molecular formula is C12H20N4O. The number of nitrogens with zero attached hydrogens (tertiary/aromatic N) is 3. The Balaban J connectivity index is 2.18. The lowest BCUT2D eigenvalue weighted by Gasteiger charge is -2.26. The number of nitrogens with two attached hydrogens (primary N) is 1. The highest BCUT2D eigenvalue weighted by atomic mass is 16.5. The van der Waals surface area contributed by atoms with Crippen LogP contribution >= 0.6 is 0 Å². The molecule has 17 heavy (non-hydrogen) atoms. The van der Waals surface area contributed by atoms with E-state index in [4.69, 9.17) is 10.5 Å². The SMILES string of the molecule is COCc1nc(N)cc(N(C)C(C)C2CC2)n1. The van der Waals surface area contributed by atoms with E-state index in [2.05, 4.69) is 28.8 Å². The first-order chi connectivity index (χ1) is 8.11. The van der Waals surface area contributed by atoms with E-state index in [0.717, 1.165) is 11.7 Å². The molecule has 5 nitrogen and oxygen atoms in total. The molecule has 0 saturated heterocycles. The van der Waals surface area contributed by atoms with Crippen LogP contribution in [0, 0.1) is 5.92 Å². The largest absolute Gasteiger partial charge is 0.384 e. The molecule has 1 saturated carbocycles. The van der Waals surface area contributed by atoms with E-state index in [1.54, 1.807) is 7.11 Å². The molecule has 2 rings (SSSR count). The molecule has 0 spiro atoms. The number of hydrogen-bond donors (Lipinski definition) is 1. The fourth-order valence-corrected chi connectivity index (χ4v) is 1.98. The fourth-order valence-electron chi connectivity index (χ4n) is 1.98. The van der Waals surface area contributed by atoms with Crippen LogP contribution in [0.2, 0.25) is 0 Å². The molecule has 0 radical (unpaired) electrons. The Labute approximate surface area is 102 Å². The summed E-state index contributed by atoms with van der Waals surface area (Å²) in [5, 5.41) is 0. The van der Waals surface area contributed by atoms with Gasteiger partial charge in [0.2, 0.25) is 0 Å². The monoisotopic (exact) mass is 236 g/mol. The maximum Gasteiger partial charge on any atom is 0.158 e. The Hall–Kier alpha value is -1.36. The molecule has 1 fully saturated rings. The standard InChI is InChI=1S/C12H20N4O/c1-8(9-4-5-9)16(2)12-6-10(13)14-11(15-12)7-17-3/h6,8-9H,4-5,7H2,1-3H3,(H2,13,14,15). The summed E-state index contributed by atoms with van der Waals surface area (Å²) in [6.07, 6.45) is 2.63. The minimum Gasteiger partial charge on any atom is -0.384 e. The van der Waals surface area contributed by atoms with Crippen LogP contribution in [-0.4, -0.2) is 30.2 Å². The van der Waals surface area contributed by atoms with Gasteiger partial charge in [-0.1, -0.05) is 0 Å². The molecule has 1 heterocycles. The second-order valence-corrected chi connectivity index (χ2v) is 4.69. The molecule has 1 unspecified atom stereocenters. The smallest absolute Gasteiger partial charge is 0.158 e. The topological polar surface area (TPSA) is 64.3 Å². The van der Waals surface area contributed by atoms with Gasteiger partial charge in [-0.05, 0) is 25.7 Å². The zero-order valence-corrected chi connectivity index (χ0v) is 10.7. The summed E-state index contributed by atoms with van der Waals surface area (Å²) in [4.78, 5) is 10.8. The van der Waals surface area contributed by atoms with E-state index in [-0.39, 0.29) is 0 Å². The van der Waals surface area contributed by atoms with Gasteiger partial charge in [-0.15, -0.1) is 0 Å². The van der Waals surface area contributed by atoms with Gasteiger partial charge in [0.25, 0.3) is 0 Å². The number of aromatic nitrogens is 2. The van der Waals surface area contributed by atoms with Crippen LogP contribution in [-0.2, 0) is 11.3 Å². The van der Waals surface area contributed by atoms with Crippen LogP contribution in [0.25, 0.3) is 0 Å². The van der Waals surface area contributed by atoms with Crippen LogP contribution in [0.5, 0.6) is 0 Å². The van der Waals surface area contributed by atoms with Gasteiger partial charge in [0.05, 0.1) is 0 Å². The highest BCUT2D eigenvalue weighted by Crippen LogP contribution is 2.35. The molecule has 1 aliphatic rings. The third kappa shape index (κ3) is 2.85. The number of anilines is 2. The third-order valence-electron chi connectivity index (χ3n) is 3.33. The number of rotatable bonds is 5. The summed E-state index contributed by atoms with van der Waals surface area (Å²) in [7, 11) is 3.68. The second-order valence-electron chi connectivity index (χ2n) is 4.69. The molecule has 0 aliphatic heterocycles. The summed E-state index contributed by atoms with van der Waals surface area (Å²) in [6.45, 7) is 2.62. The van der Waals surface area contributed by atoms with E-state index in [1.807, 2.05) is 6.07 Å². The van der Waals surface area contributed by atoms with Crippen molar-refractivity contribution in [3.8, 4) is 0 Å². The minimum absolute atomic E-state index is 0.393. The molecule has 2 N–H and O–H groups in total. The Bertz CT molecular complexity index is 392. The Morgan fingerprint density at radius 2 is 2.24 bits per heavy atom. The summed E-state index contributed by atoms with van der Waals surface area (Å²) in [6, 6.07) is 2.32. The van der Waals surface area contributed by atoms with Crippen molar-refractivity contribution in [2.75, 3.05) is 24.8 Å². The maximum atomic E-state index is 5.79. The highest BCUT2D eigenvalue weighted by Gasteiger charge is 2.31. The van der Waals surface area contributed by atoms with Crippen molar-refractivity contribution >= 4 is 11.6 Å². The second kappa shape index (κ2) is 4.87. The zero-order valence-electron chi connectivity index (χ0n) is 10.7. The van der Waals surface area contributed by atoms with Gasteiger partial charge >= 0.3 is 0 Å². The maximum absolute atomic E-state index is 5.79. The Morgan fingerprint density at radius 3 is 2.82 bits per heavy atom. The molecular weight excluding hydrogens is 216 g/mol. The quantitative estimate of drug-likeness (QED) is 0.838. The van der Waals surface area contributed by atoms with Gasteiger partial charge in [-0.3, -0.25) is 0 Å². The highest BCUT2D eigenvalue weighted by molar-refractivity contribution is 5.47. The average Bonchev–Trinajstić information content (AvgIpc) is 3.10. The van der Waals surface area contributed by atoms with Crippen LogP contribution in [0.4, 0.5) is 11.6 Å².